The Balaban J connectivity index is 2.79. The molecule has 454 valence electrons. The Morgan fingerprint density at radius 1 is 0.617 bits per heavy atom. The van der Waals surface area contributed by atoms with E-state index in [1.807, 2.05) is 0 Å². The van der Waals surface area contributed by atoms with Crippen molar-refractivity contribution in [2.45, 2.75) is 206 Å². The van der Waals surface area contributed by atoms with Gasteiger partial charge in [-0.05, 0) is 58.8 Å². The van der Waals surface area contributed by atoms with Crippen LogP contribution in [-0.4, -0.2) is 171 Å². The maximum absolute atomic E-state index is 14.6. The first-order chi connectivity index (χ1) is 38.0. The van der Waals surface area contributed by atoms with Crippen molar-refractivity contribution in [1.29, 1.82) is 0 Å². The number of carbonyl (C=O) groups excluding carboxylic acids is 13. The summed E-state index contributed by atoms with van der Waals surface area (Å²) in [6, 6.07) is -12.9. The Morgan fingerprint density at radius 3 is 1.60 bits per heavy atom. The number of hydrogen-bond donors (Lipinski definition) is 13. The summed E-state index contributed by atoms with van der Waals surface area (Å²) in [6.45, 7) is 11.8. The number of fused-ring (bicyclic) bond motifs is 1. The minimum absolute atomic E-state index is 0.0563. The van der Waals surface area contributed by atoms with Gasteiger partial charge >= 0.3 is 0 Å². The van der Waals surface area contributed by atoms with Gasteiger partial charge in [-0.3, -0.25) is 62.3 Å². The second-order valence-corrected chi connectivity index (χ2v) is 21.0. The van der Waals surface area contributed by atoms with Gasteiger partial charge in [0.25, 0.3) is 17.7 Å². The van der Waals surface area contributed by atoms with E-state index in [9.17, 15) is 72.5 Å². The average Bonchev–Trinajstić information content (AvgIpc) is 3.90. The summed E-state index contributed by atoms with van der Waals surface area (Å²) in [5.41, 5.74) is 15.3. The highest BCUT2D eigenvalue weighted by Crippen LogP contribution is 2.24. The van der Waals surface area contributed by atoms with Gasteiger partial charge in [0.1, 0.15) is 53.7 Å². The maximum Gasteiger partial charge on any atom is 0.268 e. The third-order valence-electron chi connectivity index (χ3n) is 14.1. The van der Waals surface area contributed by atoms with Gasteiger partial charge < -0.3 is 79.7 Å². The molecule has 13 amide bonds. The van der Waals surface area contributed by atoms with Crippen molar-refractivity contribution in [3.05, 3.63) is 23.5 Å². The summed E-state index contributed by atoms with van der Waals surface area (Å²) in [4.78, 5) is 179. The number of amides is 13. The first-order valence-electron chi connectivity index (χ1n) is 27.6. The van der Waals surface area contributed by atoms with Crippen LogP contribution in [0.4, 0.5) is 0 Å². The molecule has 81 heavy (non-hydrogen) atoms. The topological polar surface area (TPSA) is 443 Å². The number of carbonyl (C=O) groups is 13. The number of hydrogen-bond acceptors (Lipinski definition) is 15. The molecule has 11 atom stereocenters. The van der Waals surface area contributed by atoms with Crippen molar-refractivity contribution in [2.24, 2.45) is 29.0 Å². The van der Waals surface area contributed by atoms with Crippen LogP contribution >= 0.6 is 0 Å². The fourth-order valence-electron chi connectivity index (χ4n) is 9.25. The first kappa shape index (κ1) is 69.6. The molecule has 2 fully saturated rings. The number of rotatable bonds is 18. The van der Waals surface area contributed by atoms with E-state index in [0.29, 0.717) is 12.8 Å². The molecule has 0 saturated carbocycles. The van der Waals surface area contributed by atoms with Gasteiger partial charge in [0, 0.05) is 13.6 Å². The summed E-state index contributed by atoms with van der Waals surface area (Å²) in [6.07, 6.45) is 4.46. The molecule has 0 aromatic carbocycles. The van der Waals surface area contributed by atoms with E-state index < -0.39 is 180 Å². The normalized spacial score (nSPS) is 26.9. The van der Waals surface area contributed by atoms with Crippen molar-refractivity contribution < 1.29 is 72.5 Å². The second kappa shape index (κ2) is 33.9. The Bertz CT molecular complexity index is 2360. The van der Waals surface area contributed by atoms with Crippen molar-refractivity contribution in [3.63, 3.8) is 0 Å². The fourth-order valence-corrected chi connectivity index (χ4v) is 9.25. The Morgan fingerprint density at radius 2 is 1.11 bits per heavy atom. The third kappa shape index (κ3) is 21.8. The molecule has 0 aromatic rings. The molecule has 0 aromatic heterocycles. The van der Waals surface area contributed by atoms with E-state index in [4.69, 9.17) is 17.2 Å². The average molecular weight is 1150 g/mol. The van der Waals surface area contributed by atoms with Crippen molar-refractivity contribution >= 4 is 76.8 Å². The standard InChI is InChI=1S/C53H87N13O15/c1-10-13-14-15-16-17-18-19-21-28(6)41-43(71)51(79)62-40(27(4)5)50(78)59-32(12-3)46(74)61-34(25-38(55)69)48(76)58-31(11-2)45(73)60-33(24-37(54)68)47(75)57-29(7)44(72)64-42(30(8)67)53(81)65(9)36(26-39(56)70)52(80)66-23-20-22-35(66)49(77)63-41/h11-12,27-30,33-36,40-43,67,71H,10,13-26H2,1-9H3,(H2,54,68)(H2,55,69)(H2,56,70)(H,57,75)(H,58,76)(H,59,78)(H,60,73)(H,61,74)(H,62,79)(H,63,77)(H,64,72)/b31-11+,32-12+/t28?,29-,30-,33-,34-,35-,36-,40-,41?,42+,43?/m0/s1. The molecule has 0 radical (unpaired) electrons. The highest BCUT2D eigenvalue weighted by Gasteiger charge is 2.44. The lowest BCUT2D eigenvalue weighted by Crippen LogP contribution is -2.62. The van der Waals surface area contributed by atoms with E-state index in [2.05, 4.69) is 49.5 Å². The zero-order valence-corrected chi connectivity index (χ0v) is 48.0. The fraction of sp³-hybridized carbons (Fsp3) is 0.679. The summed E-state index contributed by atoms with van der Waals surface area (Å²) < 4.78 is 0. The lowest BCUT2D eigenvalue weighted by molar-refractivity contribution is -0.151. The monoisotopic (exact) mass is 1150 g/mol. The highest BCUT2D eigenvalue weighted by molar-refractivity contribution is 6.05. The molecule has 0 aliphatic carbocycles. The first-order valence-corrected chi connectivity index (χ1v) is 27.6. The molecule has 2 aliphatic heterocycles. The van der Waals surface area contributed by atoms with Crippen LogP contribution in [0, 0.1) is 11.8 Å². The van der Waals surface area contributed by atoms with E-state index in [-0.39, 0.29) is 19.4 Å². The van der Waals surface area contributed by atoms with Gasteiger partial charge in [-0.2, -0.15) is 0 Å². The molecule has 0 spiro atoms. The number of likely N-dealkylation sites (N-methyl/N-ethyl adjacent to an activating group) is 1. The number of nitrogens with one attached hydrogen (secondary N) is 8. The molecule has 2 saturated heterocycles. The number of primary amides is 3. The molecule has 0 bridgehead atoms. The van der Waals surface area contributed by atoms with Crippen LogP contribution in [-0.2, 0) is 62.3 Å². The molecule has 28 heteroatoms. The van der Waals surface area contributed by atoms with Gasteiger partial charge in [0.2, 0.25) is 59.1 Å². The van der Waals surface area contributed by atoms with Gasteiger partial charge in [-0.1, -0.05) is 91.2 Å². The summed E-state index contributed by atoms with van der Waals surface area (Å²) in [5.74, 6) is -15.4. The van der Waals surface area contributed by atoms with Gasteiger partial charge in [0.05, 0.1) is 31.4 Å². The van der Waals surface area contributed by atoms with Crippen LogP contribution < -0.4 is 59.7 Å². The zero-order chi connectivity index (χ0) is 61.4. The van der Waals surface area contributed by atoms with E-state index in [1.165, 1.54) is 13.8 Å². The van der Waals surface area contributed by atoms with E-state index >= 15 is 0 Å². The predicted octanol–water partition coefficient (Wildman–Crippen LogP) is -3.02. The molecule has 3 unspecified atom stereocenters. The van der Waals surface area contributed by atoms with E-state index in [1.54, 1.807) is 20.8 Å². The summed E-state index contributed by atoms with van der Waals surface area (Å²) >= 11 is 0. The number of unbranched alkanes of at least 4 members (excludes halogenated alkanes) is 7. The van der Waals surface area contributed by atoms with Crippen LogP contribution in [0.15, 0.2) is 23.5 Å². The number of aliphatic hydroxyl groups excluding tert-OH is 2. The van der Waals surface area contributed by atoms with Crippen LogP contribution in [0.2, 0.25) is 0 Å². The van der Waals surface area contributed by atoms with Crippen molar-refractivity contribution in [2.75, 3.05) is 13.6 Å². The maximum atomic E-state index is 14.6. The number of nitrogens with two attached hydrogens (primary N) is 3. The largest absolute Gasteiger partial charge is 0.391 e. The molecule has 2 heterocycles. The molecule has 28 nitrogen and oxygen atoms in total. The predicted molar refractivity (Wildman–Crippen MR) is 293 cm³/mol. The smallest absolute Gasteiger partial charge is 0.268 e. The van der Waals surface area contributed by atoms with Crippen molar-refractivity contribution in [3.8, 4) is 0 Å². The summed E-state index contributed by atoms with van der Waals surface area (Å²) in [7, 11) is 1.10. The number of nitrogens with zero attached hydrogens (tertiary/aromatic N) is 2. The van der Waals surface area contributed by atoms with Gasteiger partial charge in [0.15, 0.2) is 6.10 Å². The van der Waals surface area contributed by atoms with Gasteiger partial charge in [-0.15, -0.1) is 0 Å². The molecular formula is C53H87N13O15. The third-order valence-corrected chi connectivity index (χ3v) is 14.1. The molecule has 2 aliphatic rings. The summed E-state index contributed by atoms with van der Waals surface area (Å²) in [5, 5.41) is 41.7. The van der Waals surface area contributed by atoms with Crippen LogP contribution in [0.3, 0.4) is 0 Å². The van der Waals surface area contributed by atoms with Crippen LogP contribution in [0.1, 0.15) is 145 Å². The minimum atomic E-state index is -2.02. The zero-order valence-electron chi connectivity index (χ0n) is 48.0. The Kier molecular flexibility index (Phi) is 29.2. The Labute approximate surface area is 472 Å². The lowest BCUT2D eigenvalue weighted by Gasteiger charge is -2.36. The second-order valence-electron chi connectivity index (χ2n) is 21.0. The number of allylic oxidation sites excluding steroid dienone is 2. The highest BCUT2D eigenvalue weighted by atomic mass is 16.3. The van der Waals surface area contributed by atoms with Crippen LogP contribution in [0.5, 0.6) is 0 Å². The SMILES string of the molecule is C/C=C1/NC(=O)[C@H](CC(N)=O)NC(=O)/C(=C\C)NC(=O)[C@H](C(C)C)NC(=O)C(O)C(C(C)CCCCCCCCCC)NC(=O)[C@@H]2CCCN2C(=O)[C@H](CC(N)=O)N(C)C(=O)[C@@H]([C@H](C)O)NC(=O)[C@H](C)NC(=O)[C@H](CC(N)=O)NC1=O. The molecule has 16 N–H and O–H groups in total. The Hall–Kier alpha value is -7.49. The van der Waals surface area contributed by atoms with Crippen molar-refractivity contribution in [1.82, 2.24) is 52.3 Å². The lowest BCUT2D eigenvalue weighted by atomic mass is 9.90. The quantitative estimate of drug-likeness (QED) is 0.0480. The van der Waals surface area contributed by atoms with Gasteiger partial charge in [-0.25, -0.2) is 0 Å². The minimum Gasteiger partial charge on any atom is -0.391 e. The van der Waals surface area contributed by atoms with Crippen LogP contribution in [0.25, 0.3) is 0 Å². The molecule has 2 rings (SSSR count). The van der Waals surface area contributed by atoms with E-state index in [0.717, 1.165) is 87.8 Å². The number of aliphatic hydroxyl groups is 2. The molecular weight excluding hydrogens is 1060 g/mol.